The zero-order chi connectivity index (χ0) is 68.7. The summed E-state index contributed by atoms with van der Waals surface area (Å²) in [5.74, 6) is -15.3. The number of carbonyl (C=O) groups is 13. The highest BCUT2D eigenvalue weighted by Gasteiger charge is 2.51. The molecule has 7 N–H and O–H groups in total. The molecule has 1 aromatic rings. The van der Waals surface area contributed by atoms with Gasteiger partial charge in [0.05, 0.1) is 48.4 Å². The first-order valence-corrected chi connectivity index (χ1v) is 30.7. The molecule has 0 spiro atoms. The Hall–Kier alpha value is -8.80. The second-order valence-corrected chi connectivity index (χ2v) is 25.5. The van der Waals surface area contributed by atoms with E-state index in [1.54, 1.807) is 55.4 Å². The number of carbonyl (C=O) groups excluding carboxylic acids is 13. The molecule has 5 heterocycles. The average molecular weight is 1310 g/mol. The lowest BCUT2D eigenvalue weighted by molar-refractivity contribution is -0.163. The Bertz CT molecular complexity index is 3560. The first-order chi connectivity index (χ1) is 42.9. The summed E-state index contributed by atoms with van der Waals surface area (Å²) >= 11 is 6.47. The van der Waals surface area contributed by atoms with Gasteiger partial charge in [-0.1, -0.05) is 47.6 Å². The van der Waals surface area contributed by atoms with Crippen molar-refractivity contribution < 1.29 is 81.3 Å². The molecule has 5 aliphatic heterocycles. The summed E-state index contributed by atoms with van der Waals surface area (Å²) in [7, 11) is 5.16. The summed E-state index contributed by atoms with van der Waals surface area (Å²) in [6.07, 6.45) is -5.22. The molecule has 30 nitrogen and oxygen atoms in total. The fourth-order valence-electron chi connectivity index (χ4n) is 11.9. The highest BCUT2D eigenvalue weighted by atomic mass is 35.5. The molecule has 4 saturated heterocycles. The Labute approximate surface area is 535 Å². The average Bonchev–Trinajstić information content (AvgIpc) is 0.932. The van der Waals surface area contributed by atoms with E-state index in [1.807, 2.05) is 0 Å². The number of fused-ring (bicyclic) bond motifs is 4. The normalized spacial score (nSPS) is 27.5. The molecule has 500 valence electrons. The van der Waals surface area contributed by atoms with Gasteiger partial charge in [-0.2, -0.15) is 0 Å². The van der Waals surface area contributed by atoms with Crippen LogP contribution in [0.15, 0.2) is 21.3 Å². The topological polar surface area (TPSA) is 397 Å². The number of benzene rings is 2. The molecule has 4 fully saturated rings. The Balaban J connectivity index is 1.33. The van der Waals surface area contributed by atoms with Gasteiger partial charge in [0.2, 0.25) is 52.7 Å². The zero-order valence-corrected chi connectivity index (χ0v) is 54.8. The number of halogens is 1. The third-order valence-electron chi connectivity index (χ3n) is 17.5. The number of likely N-dealkylation sites (N-methyl/N-ethyl adjacent to an activating group) is 4. The lowest BCUT2D eigenvalue weighted by atomic mass is 9.98. The van der Waals surface area contributed by atoms with Crippen molar-refractivity contribution in [2.24, 2.45) is 17.8 Å². The van der Waals surface area contributed by atoms with Crippen LogP contribution in [0.4, 0.5) is 5.69 Å². The number of cyclic esters (lactones) is 2. The molecule has 1 aliphatic carbocycles. The van der Waals surface area contributed by atoms with Gasteiger partial charge in [0, 0.05) is 46.2 Å². The van der Waals surface area contributed by atoms with Crippen molar-refractivity contribution in [1.82, 2.24) is 55.7 Å². The van der Waals surface area contributed by atoms with Crippen LogP contribution < -0.4 is 32.4 Å². The van der Waals surface area contributed by atoms with E-state index >= 15 is 9.59 Å². The van der Waals surface area contributed by atoms with Gasteiger partial charge in [0.15, 0.2) is 17.1 Å². The highest BCUT2D eigenvalue weighted by Crippen LogP contribution is 2.36. The van der Waals surface area contributed by atoms with Crippen LogP contribution in [0.5, 0.6) is 0 Å². The zero-order valence-electron chi connectivity index (χ0n) is 54.0. The first kappa shape index (κ1) is 70.7. The van der Waals surface area contributed by atoms with Crippen LogP contribution in [0.2, 0.25) is 0 Å². The van der Waals surface area contributed by atoms with Gasteiger partial charge in [-0.3, -0.25) is 57.5 Å². The summed E-state index contributed by atoms with van der Waals surface area (Å²) in [5.41, 5.74) is 2.91. The third kappa shape index (κ3) is 13.8. The van der Waals surface area contributed by atoms with E-state index < -0.39 is 222 Å². The third-order valence-corrected chi connectivity index (χ3v) is 17.8. The van der Waals surface area contributed by atoms with Crippen molar-refractivity contribution in [2.75, 3.05) is 59.4 Å². The molecule has 6 aliphatic rings. The van der Waals surface area contributed by atoms with Crippen LogP contribution in [-0.4, -0.2) is 243 Å². The number of aryl methyl sites for hydroxylation is 1. The van der Waals surface area contributed by atoms with Gasteiger partial charge in [-0.25, -0.2) is 14.6 Å². The van der Waals surface area contributed by atoms with E-state index in [2.05, 4.69) is 21.3 Å². The number of ketones is 1. The number of alkyl halides is 1. The number of rotatable bonds is 8. The monoisotopic (exact) mass is 1300 g/mol. The highest BCUT2D eigenvalue weighted by molar-refractivity contribution is 6.19. The number of aliphatic hydroxyl groups excluding tert-OH is 1. The number of hydrogen-bond donors (Lipinski definition) is 6. The molecular formula is C61H81ClN12O18. The number of aromatic nitrogens is 1. The molecule has 0 unspecified atom stereocenters. The minimum Gasteiger partial charge on any atom is -0.458 e. The van der Waals surface area contributed by atoms with E-state index in [-0.39, 0.29) is 34.4 Å². The lowest BCUT2D eigenvalue weighted by Crippen LogP contribution is -2.62. The number of ether oxygens (including phenoxy) is 2. The van der Waals surface area contributed by atoms with E-state index in [4.69, 9.17) is 36.2 Å². The van der Waals surface area contributed by atoms with Crippen LogP contribution in [0, 0.1) is 31.6 Å². The predicted molar refractivity (Wildman–Crippen MR) is 328 cm³/mol. The number of hydrogen-bond acceptors (Lipinski definition) is 20. The van der Waals surface area contributed by atoms with Crippen LogP contribution in [0.3, 0.4) is 0 Å². The van der Waals surface area contributed by atoms with E-state index in [1.165, 1.54) is 61.1 Å². The van der Waals surface area contributed by atoms with Crippen molar-refractivity contribution in [1.29, 1.82) is 0 Å². The van der Waals surface area contributed by atoms with Crippen molar-refractivity contribution in [3.05, 3.63) is 44.6 Å². The van der Waals surface area contributed by atoms with Crippen molar-refractivity contribution >= 4 is 105 Å². The van der Waals surface area contributed by atoms with Crippen LogP contribution in [0.1, 0.15) is 107 Å². The molecule has 10 amide bonds. The maximum atomic E-state index is 15.2. The minimum absolute atomic E-state index is 0.0325. The molecular weight excluding hydrogens is 1220 g/mol. The van der Waals surface area contributed by atoms with Crippen LogP contribution >= 0.6 is 11.6 Å². The number of Topliss-reactive ketones (excluding diaryl/α,β-unsaturated/α-hetero) is 1. The molecule has 7 rings (SSSR count). The molecule has 0 aromatic heterocycles. The maximum Gasteiger partial charge on any atom is 0.329 e. The Morgan fingerprint density at radius 3 is 1.88 bits per heavy atom. The van der Waals surface area contributed by atoms with Gasteiger partial charge in [0.25, 0.3) is 11.8 Å². The number of nitrogens with one attached hydrogen (secondary N) is 4. The fraction of sp³-hybridized carbons (Fsp3) is 0.590. The van der Waals surface area contributed by atoms with E-state index in [0.29, 0.717) is 5.56 Å². The lowest BCUT2D eigenvalue weighted by Gasteiger charge is -2.37. The predicted octanol–water partition coefficient (Wildman–Crippen LogP) is -1.15. The Morgan fingerprint density at radius 2 is 1.29 bits per heavy atom. The Morgan fingerprint density at radius 1 is 0.728 bits per heavy atom. The molecule has 1 aromatic carbocycles. The summed E-state index contributed by atoms with van der Waals surface area (Å²) in [4.78, 5) is 211. The number of anilines is 1. The first-order valence-electron chi connectivity index (χ1n) is 30.1. The van der Waals surface area contributed by atoms with Gasteiger partial charge in [-0.15, -0.1) is 11.6 Å². The van der Waals surface area contributed by atoms with E-state index in [0.717, 1.165) is 29.4 Å². The SMILES string of the molecule is Cc1c2oc3c(C)ccc(C(=O)N[C@@H]4C(=O)N[C@H](C(C)C)C(=O)N5[C@H](C(=O)N(C)CC(=O)N(C)[C@@H](C(C)C)C(=O)O[C@@H]4C)[C@@H](O)C[C@@H]5C)c3nc-2c(C(=O)N[C@@H]2C(=O)N[C@H](C(C)C)C(=O)N3CC(=O)C[C@H]3C(=O)N(C)CC(=O)N(C)[C@@H](C)C(=O)O[C@@H]2CCl)c(N)c1=O. The van der Waals surface area contributed by atoms with Crippen molar-refractivity contribution in [2.45, 2.75) is 162 Å². The summed E-state index contributed by atoms with van der Waals surface area (Å²) in [6, 6.07) is -10.5. The van der Waals surface area contributed by atoms with Gasteiger partial charge < -0.3 is 75.4 Å². The molecule has 0 radical (unpaired) electrons. The van der Waals surface area contributed by atoms with Crippen LogP contribution in [-0.2, 0) is 62.2 Å². The smallest absolute Gasteiger partial charge is 0.329 e. The van der Waals surface area contributed by atoms with Gasteiger partial charge >= 0.3 is 11.9 Å². The largest absolute Gasteiger partial charge is 0.458 e. The van der Waals surface area contributed by atoms with Crippen LogP contribution in [0.25, 0.3) is 22.6 Å². The quantitative estimate of drug-likeness (QED) is 0.0671. The molecule has 92 heavy (non-hydrogen) atoms. The Kier molecular flexibility index (Phi) is 21.5. The molecule has 0 saturated carbocycles. The van der Waals surface area contributed by atoms with Gasteiger partial charge in [0.1, 0.15) is 71.8 Å². The van der Waals surface area contributed by atoms with Gasteiger partial charge in [-0.05, 0) is 70.4 Å². The standard InChI is InChI=1S/C61H81ClN12O18/c1-24(2)41-57(85)73-21-32(75)19-34(73)56(84)69(12)22-37(77)71(14)30(10)60(88)91-36(20-62)45(55(83)65-41)68-53(81)39-40(63)49(79)29(9)51-46(39)64-44-33(17-16-27(7)50(44)92-51)52(80)67-43-31(11)90-61(89)47(26(5)6)72(15)38(78)23-70(13)59(87)48-35(76)18-28(8)74(48)58(86)42(25(3)4)66-54(43)82/h16-17,24-26,28,30-31,34-36,41-43,45,47-48,76H,18-23,63H2,1-15H3,(H,65,83)(H,66,82)(H,67,80)(H,68,81)/t28-,30-,31+,34-,35-,36+,41+,42+,43-,45-,47-,48-/m0/s1. The fourth-order valence-corrected chi connectivity index (χ4v) is 12.1. The number of esters is 2. The molecule has 12 atom stereocenters. The minimum atomic E-state index is -2.08. The molecule has 0 bridgehead atoms. The van der Waals surface area contributed by atoms with Crippen molar-refractivity contribution in [3.63, 3.8) is 0 Å². The second kappa shape index (κ2) is 28.0. The number of nitrogen functional groups attached to an aromatic ring is 1. The van der Waals surface area contributed by atoms with Crippen molar-refractivity contribution in [3.8, 4) is 11.5 Å². The number of amides is 10. The second-order valence-electron chi connectivity index (χ2n) is 25.2. The maximum absolute atomic E-state index is 15.2. The summed E-state index contributed by atoms with van der Waals surface area (Å²) in [5, 5.41) is 21.6. The number of nitrogens with two attached hydrogens (primary N) is 1. The molecule has 31 heteroatoms. The summed E-state index contributed by atoms with van der Waals surface area (Å²) in [6.45, 7) is 14.9. The summed E-state index contributed by atoms with van der Waals surface area (Å²) < 4.78 is 18.1. The van der Waals surface area contributed by atoms with E-state index in [9.17, 15) is 62.6 Å². The number of aliphatic hydroxyl groups is 1. The number of nitrogens with zero attached hydrogens (tertiary/aromatic N) is 7.